The maximum Gasteiger partial charge on any atom is 0.383 e. The van der Waals surface area contributed by atoms with Crippen LogP contribution in [0.1, 0.15) is 75.3 Å². The van der Waals surface area contributed by atoms with Gasteiger partial charge in [0, 0.05) is 0 Å². The predicted octanol–water partition coefficient (Wildman–Crippen LogP) is 7.96. The van der Waals surface area contributed by atoms with E-state index in [1.165, 1.54) is 24.3 Å². The highest BCUT2D eigenvalue weighted by Gasteiger charge is 2.39. The van der Waals surface area contributed by atoms with Crippen LogP contribution < -0.4 is 4.74 Å². The van der Waals surface area contributed by atoms with Gasteiger partial charge in [-0.15, -0.1) is 0 Å². The molecule has 0 heterocycles. The Balaban J connectivity index is 1.24. The van der Waals surface area contributed by atoms with Crippen LogP contribution in [-0.4, -0.2) is 12.7 Å². The van der Waals surface area contributed by atoms with E-state index in [2.05, 4.69) is 0 Å². The van der Waals surface area contributed by atoms with Crippen molar-refractivity contribution in [3.05, 3.63) is 65.2 Å². The number of halogens is 4. The first-order valence-electron chi connectivity index (χ1n) is 12.1. The molecule has 0 saturated heterocycles. The van der Waals surface area contributed by atoms with Crippen molar-refractivity contribution in [2.75, 3.05) is 6.61 Å². The lowest BCUT2D eigenvalue weighted by Crippen LogP contribution is -2.32. The fraction of sp³-hybridized carbons (Fsp3) is 0.556. The fourth-order valence-electron chi connectivity index (χ4n) is 5.56. The second-order valence-corrected chi connectivity index (χ2v) is 9.41. The molecule has 0 radical (unpaired) electrons. The number of hydrogen-bond donors (Lipinski definition) is 0. The summed E-state index contributed by atoms with van der Waals surface area (Å²) in [6.45, 7) is 2.34. The Kier molecular flexibility index (Phi) is 7.62. The van der Waals surface area contributed by atoms with Crippen LogP contribution in [0.5, 0.6) is 5.75 Å². The highest BCUT2D eigenvalue weighted by Crippen LogP contribution is 2.44. The minimum Gasteiger partial charge on any atom is -0.494 e. The first-order valence-corrected chi connectivity index (χ1v) is 12.1. The summed E-state index contributed by atoms with van der Waals surface area (Å²) < 4.78 is 66.7. The molecule has 2 aliphatic carbocycles. The minimum atomic E-state index is -3.31. The summed E-state index contributed by atoms with van der Waals surface area (Å²) in [5.41, 5.74) is 0.726. The Morgan fingerprint density at radius 2 is 1.39 bits per heavy atom. The van der Waals surface area contributed by atoms with E-state index in [-0.39, 0.29) is 11.5 Å². The molecule has 0 spiro atoms. The Labute approximate surface area is 193 Å². The molecule has 0 unspecified atom stereocenters. The van der Waals surface area contributed by atoms with Crippen LogP contribution in [0.4, 0.5) is 17.6 Å². The molecule has 0 amide bonds. The number of ether oxygens (including phenoxy) is 2. The minimum absolute atomic E-state index is 0.149. The molecule has 2 fully saturated rings. The Morgan fingerprint density at radius 1 is 0.788 bits per heavy atom. The molecule has 2 saturated carbocycles. The molecule has 2 aliphatic rings. The van der Waals surface area contributed by atoms with Gasteiger partial charge in [0.05, 0.1) is 18.3 Å². The van der Waals surface area contributed by atoms with Crippen LogP contribution in [-0.2, 0) is 10.8 Å². The topological polar surface area (TPSA) is 18.5 Å². The average molecular weight is 465 g/mol. The average Bonchev–Trinajstić information content (AvgIpc) is 2.82. The monoisotopic (exact) mass is 464 g/mol. The van der Waals surface area contributed by atoms with Crippen LogP contribution in [0.15, 0.2) is 42.5 Å². The molecule has 0 atom stereocenters. The summed E-state index contributed by atoms with van der Waals surface area (Å²) >= 11 is 0. The van der Waals surface area contributed by atoms with Gasteiger partial charge in [-0.05, 0) is 118 Å². The number of rotatable bonds is 7. The molecule has 2 aromatic rings. The van der Waals surface area contributed by atoms with Crippen LogP contribution in [0.25, 0.3) is 0 Å². The molecule has 0 N–H and O–H groups in total. The van der Waals surface area contributed by atoms with E-state index in [9.17, 15) is 17.6 Å². The predicted molar refractivity (Wildman–Crippen MR) is 119 cm³/mol. The lowest BCUT2D eigenvalue weighted by molar-refractivity contribution is -0.278. The second kappa shape index (κ2) is 10.5. The summed E-state index contributed by atoms with van der Waals surface area (Å²) in [6.07, 6.45) is 3.32. The van der Waals surface area contributed by atoms with Gasteiger partial charge < -0.3 is 9.47 Å². The van der Waals surface area contributed by atoms with Crippen molar-refractivity contribution in [1.29, 1.82) is 0 Å². The van der Waals surface area contributed by atoms with Gasteiger partial charge in [0.1, 0.15) is 5.75 Å². The first-order chi connectivity index (χ1) is 15.9. The third-order valence-corrected chi connectivity index (χ3v) is 7.39. The summed E-state index contributed by atoms with van der Waals surface area (Å²) in [5.74, 6) is 0.337. The van der Waals surface area contributed by atoms with Crippen molar-refractivity contribution in [3.63, 3.8) is 0 Å². The molecular formula is C27H32F4O2. The van der Waals surface area contributed by atoms with Crippen LogP contribution in [0.2, 0.25) is 0 Å². The summed E-state index contributed by atoms with van der Waals surface area (Å²) in [7, 11) is 0. The van der Waals surface area contributed by atoms with Gasteiger partial charge in [-0.25, -0.2) is 8.78 Å². The van der Waals surface area contributed by atoms with E-state index in [1.54, 1.807) is 18.2 Å². The molecule has 0 aliphatic heterocycles. The van der Waals surface area contributed by atoms with Gasteiger partial charge in [0.15, 0.2) is 11.6 Å². The SMILES string of the molecule is CCOc1ccc(C(F)(F)OC2CCC(C3CCC(c4ccc(F)c(F)c4)CC3)CC2)cc1. The lowest BCUT2D eigenvalue weighted by Gasteiger charge is -2.38. The van der Waals surface area contributed by atoms with E-state index in [0.29, 0.717) is 37.0 Å². The maximum absolute atomic E-state index is 14.7. The first kappa shape index (κ1) is 24.1. The number of alkyl halides is 2. The van der Waals surface area contributed by atoms with Crippen LogP contribution in [0, 0.1) is 23.5 Å². The largest absolute Gasteiger partial charge is 0.494 e. The molecule has 2 nitrogen and oxygen atoms in total. The van der Waals surface area contributed by atoms with Crippen molar-refractivity contribution in [3.8, 4) is 5.75 Å². The Morgan fingerprint density at radius 3 is 1.97 bits per heavy atom. The molecule has 4 rings (SSSR count). The summed E-state index contributed by atoms with van der Waals surface area (Å²) in [5, 5.41) is 0. The summed E-state index contributed by atoms with van der Waals surface area (Å²) in [6, 6.07) is 10.0. The normalized spacial score (nSPS) is 26.2. The fourth-order valence-corrected chi connectivity index (χ4v) is 5.56. The highest BCUT2D eigenvalue weighted by molar-refractivity contribution is 5.29. The van der Waals surface area contributed by atoms with Gasteiger partial charge >= 0.3 is 6.11 Å². The number of hydrogen-bond acceptors (Lipinski definition) is 2. The van der Waals surface area contributed by atoms with E-state index < -0.39 is 23.8 Å². The molecule has 33 heavy (non-hydrogen) atoms. The lowest BCUT2D eigenvalue weighted by atomic mass is 9.69. The van der Waals surface area contributed by atoms with Gasteiger partial charge in [-0.1, -0.05) is 6.07 Å². The third-order valence-electron chi connectivity index (χ3n) is 7.39. The van der Waals surface area contributed by atoms with E-state index in [1.807, 2.05) is 6.92 Å². The van der Waals surface area contributed by atoms with E-state index >= 15 is 0 Å². The van der Waals surface area contributed by atoms with Gasteiger partial charge in [0.2, 0.25) is 0 Å². The zero-order chi connectivity index (χ0) is 23.4. The van der Waals surface area contributed by atoms with Crippen molar-refractivity contribution >= 4 is 0 Å². The maximum atomic E-state index is 14.7. The highest BCUT2D eigenvalue weighted by atomic mass is 19.3. The van der Waals surface area contributed by atoms with Gasteiger partial charge in [0.25, 0.3) is 0 Å². The molecule has 180 valence electrons. The van der Waals surface area contributed by atoms with E-state index in [0.717, 1.165) is 44.1 Å². The molecule has 2 aromatic carbocycles. The Hall–Kier alpha value is -2.08. The van der Waals surface area contributed by atoms with Gasteiger partial charge in [-0.3, -0.25) is 0 Å². The zero-order valence-electron chi connectivity index (χ0n) is 19.0. The second-order valence-electron chi connectivity index (χ2n) is 9.41. The van der Waals surface area contributed by atoms with Crippen molar-refractivity contribution in [2.45, 2.75) is 76.4 Å². The Bertz CT molecular complexity index is 899. The third kappa shape index (κ3) is 5.89. The van der Waals surface area contributed by atoms with Crippen molar-refractivity contribution < 1.29 is 27.0 Å². The zero-order valence-corrected chi connectivity index (χ0v) is 19.0. The van der Waals surface area contributed by atoms with Crippen LogP contribution in [0.3, 0.4) is 0 Å². The standard InChI is InChI=1S/C27H32F4O2/c1-2-32-23-14-10-22(11-15-23)27(30,31)33-24-12-7-19(8-13-24)18-3-5-20(6-4-18)21-9-16-25(28)26(29)17-21/h9-11,14-20,24H,2-8,12-13H2,1H3. The smallest absolute Gasteiger partial charge is 0.383 e. The molecular weight excluding hydrogens is 432 g/mol. The van der Waals surface area contributed by atoms with Gasteiger partial charge in [-0.2, -0.15) is 8.78 Å². The molecule has 0 aromatic heterocycles. The summed E-state index contributed by atoms with van der Waals surface area (Å²) in [4.78, 5) is 0. The van der Waals surface area contributed by atoms with Crippen LogP contribution >= 0.6 is 0 Å². The van der Waals surface area contributed by atoms with E-state index in [4.69, 9.17) is 9.47 Å². The molecule has 6 heteroatoms. The quantitative estimate of drug-likeness (QED) is 0.387. The molecule has 0 bridgehead atoms. The van der Waals surface area contributed by atoms with Crippen molar-refractivity contribution in [2.24, 2.45) is 11.8 Å². The van der Waals surface area contributed by atoms with Crippen molar-refractivity contribution in [1.82, 2.24) is 0 Å². The number of benzene rings is 2.